The van der Waals surface area contributed by atoms with Crippen molar-refractivity contribution in [3.05, 3.63) is 35.6 Å². The summed E-state index contributed by atoms with van der Waals surface area (Å²) in [4.78, 5) is 24.5. The Morgan fingerprint density at radius 3 is 2.43 bits per heavy atom. The maximum atomic E-state index is 12.7. The molecule has 1 saturated heterocycles. The number of halogens is 1. The smallest absolute Gasteiger partial charge is 0.342 e. The monoisotopic (exact) mass is 548 g/mol. The van der Waals surface area contributed by atoms with E-state index in [-0.39, 0.29) is 30.0 Å². The highest BCUT2D eigenvalue weighted by Crippen LogP contribution is 2.49. The van der Waals surface area contributed by atoms with Gasteiger partial charge in [0.05, 0.1) is 18.4 Å². The molecular weight excluding hydrogens is 520 g/mol. The summed E-state index contributed by atoms with van der Waals surface area (Å²) in [6, 6.07) is 3.81. The van der Waals surface area contributed by atoms with E-state index in [9.17, 15) is 45.3 Å². The summed E-state index contributed by atoms with van der Waals surface area (Å²) in [5, 5.41) is 69.1. The minimum Gasteiger partial charge on any atom is -0.504 e. The molecule has 7 N–H and O–H groups in total. The van der Waals surface area contributed by atoms with Gasteiger partial charge in [-0.05, 0) is 18.6 Å². The van der Waals surface area contributed by atoms with Crippen molar-refractivity contribution in [3.63, 3.8) is 0 Å². The molecule has 1 saturated carbocycles. The summed E-state index contributed by atoms with van der Waals surface area (Å²) >= 11 is 0. The number of esters is 1. The lowest BCUT2D eigenvalue weighted by molar-refractivity contribution is -0.342. The predicted octanol–water partition coefficient (Wildman–Crippen LogP) is -0.541. The van der Waals surface area contributed by atoms with Gasteiger partial charge in [-0.25, -0.2) is 9.59 Å². The quantitative estimate of drug-likeness (QED) is 0.176. The molecule has 37 heavy (non-hydrogen) atoms. The zero-order valence-electron chi connectivity index (χ0n) is 19.5. The van der Waals surface area contributed by atoms with Crippen LogP contribution in [0, 0.1) is 17.8 Å². The summed E-state index contributed by atoms with van der Waals surface area (Å²) in [5.41, 5.74) is -0.351. The summed E-state index contributed by atoms with van der Waals surface area (Å²) in [5.74, 6) is -5.27. The lowest BCUT2D eigenvalue weighted by Gasteiger charge is -2.43. The third kappa shape index (κ3) is 5.34. The van der Waals surface area contributed by atoms with Crippen LogP contribution < -0.4 is 0 Å². The number of phenolic OH excluding ortho intramolecular Hbond substituents is 2. The Bertz CT molecular complexity index is 1030. The molecular formula is C23H29ClO13. The van der Waals surface area contributed by atoms with Crippen LogP contribution in [0.1, 0.15) is 23.7 Å². The van der Waals surface area contributed by atoms with Crippen molar-refractivity contribution in [2.45, 2.75) is 56.4 Å². The number of carboxylic acid groups (broad SMARTS) is 1. The number of carboxylic acids is 1. The van der Waals surface area contributed by atoms with Gasteiger partial charge in [0.1, 0.15) is 36.1 Å². The first-order valence-corrected chi connectivity index (χ1v) is 11.3. The number of fused-ring (bicyclic) bond motifs is 1. The van der Waals surface area contributed by atoms with E-state index in [1.807, 2.05) is 0 Å². The van der Waals surface area contributed by atoms with Crippen LogP contribution in [0.2, 0.25) is 0 Å². The van der Waals surface area contributed by atoms with Crippen LogP contribution in [-0.4, -0.2) is 97.4 Å². The third-order valence-corrected chi connectivity index (χ3v) is 7.04. The molecule has 206 valence electrons. The Hall–Kier alpha value is -2.65. The van der Waals surface area contributed by atoms with E-state index >= 15 is 0 Å². The average molecular weight is 549 g/mol. The second-order valence-electron chi connectivity index (χ2n) is 9.11. The molecule has 3 aliphatic rings. The summed E-state index contributed by atoms with van der Waals surface area (Å²) in [7, 11) is 0. The summed E-state index contributed by atoms with van der Waals surface area (Å²) < 4.78 is 22.2. The van der Waals surface area contributed by atoms with Crippen LogP contribution in [0.25, 0.3) is 0 Å². The summed E-state index contributed by atoms with van der Waals surface area (Å²) in [6.45, 7) is 1.02. The van der Waals surface area contributed by atoms with E-state index in [4.69, 9.17) is 18.9 Å². The molecule has 1 aliphatic carbocycles. The van der Waals surface area contributed by atoms with Crippen LogP contribution in [0.3, 0.4) is 0 Å². The highest BCUT2D eigenvalue weighted by molar-refractivity contribution is 5.93. The lowest BCUT2D eigenvalue weighted by atomic mass is 9.83. The van der Waals surface area contributed by atoms with E-state index in [1.54, 1.807) is 6.92 Å². The van der Waals surface area contributed by atoms with Crippen molar-refractivity contribution in [3.8, 4) is 11.5 Å². The molecule has 0 radical (unpaired) electrons. The fraction of sp³-hybridized carbons (Fsp3) is 0.565. The molecule has 0 unspecified atom stereocenters. The number of aliphatic hydroxyl groups excluding tert-OH is 4. The molecule has 10 atom stereocenters. The standard InChI is InChI=1S/C23H28O13.ClH/c1-8-13(34-21(32)9-3-2-4-12(25)16(9)26)5-10-11(20(30)31)7-33-22(15(8)10)36-23-19(29)18(28)17(27)14(6-24)35-23;/h2-4,7-8,10,13-15,17-19,22-29H,5-6H2,1H3,(H,30,31);1H/t8-,10+,13-,14+,15+,17+,18-,19+,22-,23-;/m1./s1. The first-order chi connectivity index (χ1) is 17.0. The molecule has 4 rings (SSSR count). The molecule has 14 heteroatoms. The third-order valence-electron chi connectivity index (χ3n) is 7.04. The highest BCUT2D eigenvalue weighted by Gasteiger charge is 2.54. The van der Waals surface area contributed by atoms with Gasteiger partial charge in [0.25, 0.3) is 0 Å². The van der Waals surface area contributed by atoms with Gasteiger partial charge in [0.2, 0.25) is 6.29 Å². The second kappa shape index (κ2) is 11.4. The Labute approximate surface area is 216 Å². The molecule has 13 nitrogen and oxygen atoms in total. The van der Waals surface area contributed by atoms with Gasteiger partial charge in [-0.2, -0.15) is 0 Å². The van der Waals surface area contributed by atoms with Gasteiger partial charge >= 0.3 is 11.9 Å². The van der Waals surface area contributed by atoms with E-state index in [0.717, 1.165) is 6.26 Å². The Morgan fingerprint density at radius 2 is 1.78 bits per heavy atom. The van der Waals surface area contributed by atoms with Gasteiger partial charge in [0, 0.05) is 17.8 Å². The SMILES string of the molecule is C[C@H]1[C@@H]2[C@@H](O[C@H]3O[C@@H](CO)[C@H](O)[C@@H](O)[C@@H]3O)OC=C(C(=O)O)[C@@H]2C[C@H]1OC(=O)c1cccc(O)c1O.Cl. The molecule has 0 aromatic heterocycles. The molecule has 0 bridgehead atoms. The van der Waals surface area contributed by atoms with Gasteiger partial charge in [-0.1, -0.05) is 13.0 Å². The molecule has 0 amide bonds. The number of phenols is 2. The minimum absolute atomic E-state index is 0. The number of aromatic hydroxyl groups is 2. The number of aliphatic carboxylic acids is 1. The van der Waals surface area contributed by atoms with Gasteiger partial charge in [0.15, 0.2) is 17.8 Å². The zero-order valence-corrected chi connectivity index (χ0v) is 20.3. The number of hydrogen-bond acceptors (Lipinski definition) is 12. The Balaban J connectivity index is 0.00000380. The van der Waals surface area contributed by atoms with Gasteiger partial charge < -0.3 is 54.7 Å². The fourth-order valence-corrected chi connectivity index (χ4v) is 5.02. The summed E-state index contributed by atoms with van der Waals surface area (Å²) in [6.07, 6.45) is -8.68. The lowest BCUT2D eigenvalue weighted by Crippen LogP contribution is -2.60. The maximum Gasteiger partial charge on any atom is 0.342 e. The number of para-hydroxylation sites is 1. The Kier molecular flexibility index (Phi) is 8.90. The number of aliphatic hydroxyl groups is 4. The Morgan fingerprint density at radius 1 is 1.08 bits per heavy atom. The predicted molar refractivity (Wildman–Crippen MR) is 122 cm³/mol. The van der Waals surface area contributed by atoms with E-state index in [0.29, 0.717) is 0 Å². The number of hydrogen-bond donors (Lipinski definition) is 7. The largest absolute Gasteiger partial charge is 0.504 e. The fourth-order valence-electron chi connectivity index (χ4n) is 5.02. The molecule has 1 aromatic rings. The van der Waals surface area contributed by atoms with Crippen LogP contribution in [0.15, 0.2) is 30.0 Å². The van der Waals surface area contributed by atoms with Crippen molar-refractivity contribution in [2.75, 3.05) is 6.61 Å². The topological polar surface area (TPSA) is 213 Å². The number of carbonyl (C=O) groups excluding carboxylic acids is 1. The zero-order chi connectivity index (χ0) is 26.3. The number of benzene rings is 1. The first-order valence-electron chi connectivity index (χ1n) is 11.3. The minimum atomic E-state index is -1.70. The van der Waals surface area contributed by atoms with Gasteiger partial charge in [-0.15, -0.1) is 12.4 Å². The van der Waals surface area contributed by atoms with Crippen molar-refractivity contribution >= 4 is 24.3 Å². The number of carbonyl (C=O) groups is 2. The molecule has 0 spiro atoms. The van der Waals surface area contributed by atoms with E-state index in [1.165, 1.54) is 18.2 Å². The van der Waals surface area contributed by atoms with Crippen LogP contribution >= 0.6 is 12.4 Å². The highest BCUT2D eigenvalue weighted by atomic mass is 35.5. The molecule has 1 aromatic carbocycles. The normalized spacial score (nSPS) is 36.9. The van der Waals surface area contributed by atoms with Crippen molar-refractivity contribution in [2.24, 2.45) is 17.8 Å². The van der Waals surface area contributed by atoms with Crippen LogP contribution in [0.4, 0.5) is 0 Å². The van der Waals surface area contributed by atoms with Crippen LogP contribution in [-0.2, 0) is 23.7 Å². The van der Waals surface area contributed by atoms with Crippen LogP contribution in [0.5, 0.6) is 11.5 Å². The maximum absolute atomic E-state index is 12.7. The van der Waals surface area contributed by atoms with Crippen molar-refractivity contribution in [1.82, 2.24) is 0 Å². The molecule has 2 aliphatic heterocycles. The average Bonchev–Trinajstić information content (AvgIpc) is 3.17. The second-order valence-corrected chi connectivity index (χ2v) is 9.11. The molecule has 2 heterocycles. The molecule has 2 fully saturated rings. The van der Waals surface area contributed by atoms with E-state index in [2.05, 4.69) is 0 Å². The number of rotatable bonds is 6. The van der Waals surface area contributed by atoms with Crippen molar-refractivity contribution in [1.29, 1.82) is 0 Å². The number of ether oxygens (including phenoxy) is 4. The first kappa shape index (κ1) is 28.9. The van der Waals surface area contributed by atoms with E-state index < -0.39 is 90.9 Å². The van der Waals surface area contributed by atoms with Crippen molar-refractivity contribution < 1.29 is 64.3 Å². The van der Waals surface area contributed by atoms with Gasteiger partial charge in [-0.3, -0.25) is 0 Å².